The average Bonchev–Trinajstić information content (AvgIpc) is 3.03. The number of nitrogens with zero attached hydrogens (tertiary/aromatic N) is 2. The normalized spacial score (nSPS) is 30.2. The minimum atomic E-state index is -0.572. The van der Waals surface area contributed by atoms with Gasteiger partial charge in [0.1, 0.15) is 11.9 Å². The van der Waals surface area contributed by atoms with Gasteiger partial charge in [0.25, 0.3) is 5.91 Å². The summed E-state index contributed by atoms with van der Waals surface area (Å²) in [5.41, 5.74) is 2.26. The van der Waals surface area contributed by atoms with Crippen molar-refractivity contribution in [2.24, 2.45) is 17.8 Å². The van der Waals surface area contributed by atoms with Crippen LogP contribution < -0.4 is 4.90 Å². The summed E-state index contributed by atoms with van der Waals surface area (Å²) in [5, 5.41) is 0.601. The fraction of sp³-hybridized carbons (Fsp3) is 0.400. The first kappa shape index (κ1) is 20.3. The number of pyridine rings is 1. The van der Waals surface area contributed by atoms with E-state index in [1.165, 1.54) is 0 Å². The van der Waals surface area contributed by atoms with E-state index in [1.54, 1.807) is 23.2 Å². The molecule has 1 fully saturated rings. The third-order valence-electron chi connectivity index (χ3n) is 7.04. The van der Waals surface area contributed by atoms with Gasteiger partial charge in [-0.05, 0) is 67.0 Å². The van der Waals surface area contributed by atoms with Gasteiger partial charge < -0.3 is 4.74 Å². The minimum absolute atomic E-state index is 0.0356. The van der Waals surface area contributed by atoms with E-state index in [9.17, 15) is 9.59 Å². The standard InChI is InChI=1S/C25H25ClN2O3/c1-13-8-9-27-20(10-13)28-22(16-4-6-17(26)7-5-16)21-23(29)18-11-14(2)15(3)12-19(18)31-24(21)25(28)30/h4-10,14-15,18-19,22H,11-12H2,1-3H3. The molecule has 31 heavy (non-hydrogen) atoms. The molecule has 1 amide bonds. The van der Waals surface area contributed by atoms with Crippen LogP contribution >= 0.6 is 11.6 Å². The maximum absolute atomic E-state index is 13.8. The molecule has 3 heterocycles. The van der Waals surface area contributed by atoms with Crippen molar-refractivity contribution in [2.45, 2.75) is 45.8 Å². The van der Waals surface area contributed by atoms with Crippen molar-refractivity contribution in [3.05, 3.63) is 70.1 Å². The molecule has 3 aliphatic rings. The third kappa shape index (κ3) is 3.26. The molecule has 0 N–H and O–H groups in total. The number of ketones is 1. The molecule has 5 rings (SSSR count). The van der Waals surface area contributed by atoms with Crippen molar-refractivity contribution in [1.29, 1.82) is 0 Å². The van der Waals surface area contributed by atoms with E-state index >= 15 is 0 Å². The van der Waals surface area contributed by atoms with Gasteiger partial charge in [-0.25, -0.2) is 4.98 Å². The van der Waals surface area contributed by atoms with Gasteiger partial charge >= 0.3 is 0 Å². The number of aromatic nitrogens is 1. The number of aryl methyl sites for hydroxylation is 1. The number of rotatable bonds is 2. The van der Waals surface area contributed by atoms with Crippen LogP contribution in [0.1, 0.15) is 43.9 Å². The number of benzene rings is 1. The topological polar surface area (TPSA) is 59.5 Å². The Bertz CT molecular complexity index is 1090. The predicted octanol–water partition coefficient (Wildman–Crippen LogP) is 5.04. The molecular weight excluding hydrogens is 412 g/mol. The van der Waals surface area contributed by atoms with E-state index in [-0.39, 0.29) is 29.5 Å². The zero-order valence-corrected chi connectivity index (χ0v) is 18.6. The highest BCUT2D eigenvalue weighted by atomic mass is 35.5. The van der Waals surface area contributed by atoms with Crippen molar-refractivity contribution in [1.82, 2.24) is 4.98 Å². The lowest BCUT2D eigenvalue weighted by atomic mass is 9.70. The quantitative estimate of drug-likeness (QED) is 0.662. The van der Waals surface area contributed by atoms with Crippen LogP contribution in [-0.4, -0.2) is 22.8 Å². The van der Waals surface area contributed by atoms with E-state index in [0.717, 1.165) is 24.0 Å². The van der Waals surface area contributed by atoms with E-state index in [4.69, 9.17) is 16.3 Å². The summed E-state index contributed by atoms with van der Waals surface area (Å²) in [6.07, 6.45) is 3.01. The van der Waals surface area contributed by atoms with E-state index in [2.05, 4.69) is 18.8 Å². The molecule has 6 heteroatoms. The molecule has 2 aliphatic heterocycles. The fourth-order valence-electron chi connectivity index (χ4n) is 5.11. The van der Waals surface area contributed by atoms with Crippen molar-refractivity contribution in [3.8, 4) is 0 Å². The molecule has 0 saturated heterocycles. The molecule has 1 aliphatic carbocycles. The second-order valence-corrected chi connectivity index (χ2v) is 9.55. The first-order valence-corrected chi connectivity index (χ1v) is 11.2. The summed E-state index contributed by atoms with van der Waals surface area (Å²) < 4.78 is 6.29. The Balaban J connectivity index is 1.64. The largest absolute Gasteiger partial charge is 0.483 e. The number of Topliss-reactive ketones (excluding diaryl/α,β-unsaturated/α-hetero) is 1. The number of hydrogen-bond acceptors (Lipinski definition) is 4. The molecule has 5 unspecified atom stereocenters. The molecule has 160 valence electrons. The summed E-state index contributed by atoms with van der Waals surface area (Å²) >= 11 is 6.11. The number of carbonyl (C=O) groups is 2. The number of halogens is 1. The lowest BCUT2D eigenvalue weighted by Gasteiger charge is -2.40. The summed E-state index contributed by atoms with van der Waals surface area (Å²) in [6, 6.07) is 10.5. The van der Waals surface area contributed by atoms with Crippen LogP contribution in [0.15, 0.2) is 53.9 Å². The number of anilines is 1. The zero-order valence-electron chi connectivity index (χ0n) is 17.8. The fourth-order valence-corrected chi connectivity index (χ4v) is 5.24. The van der Waals surface area contributed by atoms with Crippen molar-refractivity contribution in [3.63, 3.8) is 0 Å². The van der Waals surface area contributed by atoms with Gasteiger partial charge in [-0.3, -0.25) is 14.5 Å². The number of ether oxygens (including phenoxy) is 1. The maximum atomic E-state index is 13.8. The highest BCUT2D eigenvalue weighted by molar-refractivity contribution is 6.30. The second kappa shape index (κ2) is 7.49. The van der Waals surface area contributed by atoms with Crippen LogP contribution in [0.25, 0.3) is 0 Å². The van der Waals surface area contributed by atoms with Crippen LogP contribution in [0.2, 0.25) is 5.02 Å². The maximum Gasteiger partial charge on any atom is 0.295 e. The Morgan fingerprint density at radius 3 is 2.48 bits per heavy atom. The molecule has 1 saturated carbocycles. The third-order valence-corrected chi connectivity index (χ3v) is 7.30. The number of fused-ring (bicyclic) bond motifs is 1. The molecule has 5 atom stereocenters. The number of hydrogen-bond donors (Lipinski definition) is 0. The smallest absolute Gasteiger partial charge is 0.295 e. The van der Waals surface area contributed by atoms with Gasteiger partial charge in [0.15, 0.2) is 11.5 Å². The van der Waals surface area contributed by atoms with Gasteiger partial charge in [-0.15, -0.1) is 0 Å². The van der Waals surface area contributed by atoms with Crippen LogP contribution in [0.3, 0.4) is 0 Å². The van der Waals surface area contributed by atoms with Crippen molar-refractivity contribution in [2.75, 3.05) is 4.90 Å². The highest BCUT2D eigenvalue weighted by Gasteiger charge is 2.54. The number of carbonyl (C=O) groups excluding carboxylic acids is 2. The van der Waals surface area contributed by atoms with Gasteiger partial charge in [0, 0.05) is 11.2 Å². The van der Waals surface area contributed by atoms with Crippen LogP contribution in [0.5, 0.6) is 0 Å². The molecule has 1 aromatic heterocycles. The predicted molar refractivity (Wildman–Crippen MR) is 119 cm³/mol. The van der Waals surface area contributed by atoms with Crippen LogP contribution in [0.4, 0.5) is 5.82 Å². The van der Waals surface area contributed by atoms with E-state index < -0.39 is 6.04 Å². The van der Waals surface area contributed by atoms with Crippen LogP contribution in [-0.2, 0) is 14.3 Å². The summed E-state index contributed by atoms with van der Waals surface area (Å²) in [6.45, 7) is 6.33. The van der Waals surface area contributed by atoms with Crippen molar-refractivity contribution < 1.29 is 14.3 Å². The lowest BCUT2D eigenvalue weighted by Crippen LogP contribution is -2.43. The SMILES string of the molecule is Cc1ccnc(N2C(=O)C3=C(C(=O)C4CC(C)C(C)CC4O3)C2c2ccc(Cl)cc2)c1. The van der Waals surface area contributed by atoms with E-state index in [1.807, 2.05) is 31.2 Å². The molecule has 0 radical (unpaired) electrons. The van der Waals surface area contributed by atoms with Gasteiger partial charge in [-0.2, -0.15) is 0 Å². The Labute approximate surface area is 187 Å². The Morgan fingerprint density at radius 2 is 1.77 bits per heavy atom. The van der Waals surface area contributed by atoms with Gasteiger partial charge in [0.05, 0.1) is 17.5 Å². The van der Waals surface area contributed by atoms with E-state index in [0.29, 0.717) is 28.2 Å². The first-order chi connectivity index (χ1) is 14.8. The molecule has 2 aromatic rings. The monoisotopic (exact) mass is 436 g/mol. The summed E-state index contributed by atoms with van der Waals surface area (Å²) in [4.78, 5) is 33.4. The zero-order chi connectivity index (χ0) is 21.9. The van der Waals surface area contributed by atoms with Crippen molar-refractivity contribution >= 4 is 29.1 Å². The second-order valence-electron chi connectivity index (χ2n) is 9.12. The first-order valence-electron chi connectivity index (χ1n) is 10.8. The van der Waals surface area contributed by atoms with Crippen LogP contribution in [0, 0.1) is 24.7 Å². The average molecular weight is 437 g/mol. The molecule has 5 nitrogen and oxygen atoms in total. The molecular formula is C25H25ClN2O3. The molecule has 0 bridgehead atoms. The Morgan fingerprint density at radius 1 is 1.06 bits per heavy atom. The summed E-state index contributed by atoms with van der Waals surface area (Å²) in [7, 11) is 0. The summed E-state index contributed by atoms with van der Waals surface area (Å²) in [5.74, 6) is 1.13. The molecule has 0 spiro atoms. The highest BCUT2D eigenvalue weighted by Crippen LogP contribution is 2.49. The minimum Gasteiger partial charge on any atom is -0.483 e. The number of amides is 1. The lowest BCUT2D eigenvalue weighted by molar-refractivity contribution is -0.134. The van der Waals surface area contributed by atoms with Gasteiger partial charge in [0.2, 0.25) is 0 Å². The Kier molecular flexibility index (Phi) is 4.89. The Hall–Kier alpha value is -2.66. The molecule has 1 aromatic carbocycles. The van der Waals surface area contributed by atoms with Gasteiger partial charge in [-0.1, -0.05) is 37.6 Å².